The van der Waals surface area contributed by atoms with Gasteiger partial charge in [-0.2, -0.15) is 0 Å². The van der Waals surface area contributed by atoms with Crippen LogP contribution < -0.4 is 9.64 Å². The molecule has 0 saturated carbocycles. The summed E-state index contributed by atoms with van der Waals surface area (Å²) in [6.45, 7) is 3.90. The Balaban J connectivity index is 1.76. The highest BCUT2D eigenvalue weighted by atomic mass is 32.1. The topological polar surface area (TPSA) is 55.3 Å². The fraction of sp³-hybridized carbons (Fsp3) is 0.235. The summed E-state index contributed by atoms with van der Waals surface area (Å²) in [5.74, 6) is 0.342. The van der Waals surface area contributed by atoms with Crippen LogP contribution in [0.5, 0.6) is 5.88 Å². The van der Waals surface area contributed by atoms with E-state index in [9.17, 15) is 4.79 Å². The molecule has 2 aromatic heterocycles. The summed E-state index contributed by atoms with van der Waals surface area (Å²) < 4.78 is 5.66. The first kappa shape index (κ1) is 15.4. The van der Waals surface area contributed by atoms with Gasteiger partial charge in [0.1, 0.15) is 11.2 Å². The van der Waals surface area contributed by atoms with Crippen molar-refractivity contribution in [3.05, 3.63) is 48.1 Å². The Bertz CT molecular complexity index is 802. The molecule has 3 aromatic rings. The number of ether oxygens (including phenoxy) is 1. The fourth-order valence-corrected chi connectivity index (χ4v) is 3.12. The molecule has 0 spiro atoms. The van der Waals surface area contributed by atoms with Crippen LogP contribution in [0.1, 0.15) is 13.8 Å². The van der Waals surface area contributed by atoms with Gasteiger partial charge in [0.05, 0.1) is 5.39 Å². The van der Waals surface area contributed by atoms with Crippen molar-refractivity contribution in [1.29, 1.82) is 0 Å². The van der Waals surface area contributed by atoms with Crippen LogP contribution in [0.2, 0.25) is 0 Å². The zero-order valence-electron chi connectivity index (χ0n) is 13.0. The second kappa shape index (κ2) is 6.75. The summed E-state index contributed by atoms with van der Waals surface area (Å²) in [5.41, 5.74) is 0.861. The van der Waals surface area contributed by atoms with Gasteiger partial charge in [-0.1, -0.05) is 18.2 Å². The van der Waals surface area contributed by atoms with Gasteiger partial charge >= 0.3 is 0 Å². The molecule has 1 amide bonds. The molecule has 0 atom stereocenters. The molecule has 6 heteroatoms. The number of para-hydroxylation sites is 1. The van der Waals surface area contributed by atoms with Crippen molar-refractivity contribution in [2.75, 3.05) is 11.5 Å². The second-order valence-corrected chi connectivity index (χ2v) is 6.19. The van der Waals surface area contributed by atoms with Crippen molar-refractivity contribution in [2.24, 2.45) is 0 Å². The van der Waals surface area contributed by atoms with Gasteiger partial charge in [0.25, 0.3) is 5.91 Å². The number of thiophene rings is 1. The number of amides is 1. The molecule has 118 valence electrons. The van der Waals surface area contributed by atoms with E-state index in [4.69, 9.17) is 4.74 Å². The van der Waals surface area contributed by atoms with Crippen LogP contribution >= 0.6 is 11.3 Å². The van der Waals surface area contributed by atoms with E-state index in [1.807, 2.05) is 55.6 Å². The molecule has 0 saturated heterocycles. The third-order valence-electron chi connectivity index (χ3n) is 3.38. The zero-order valence-corrected chi connectivity index (χ0v) is 13.8. The highest BCUT2D eigenvalue weighted by Crippen LogP contribution is 2.25. The minimum absolute atomic E-state index is 0.0417. The Hall–Kier alpha value is -2.47. The molecular formula is C17H17N3O2S. The molecule has 0 aliphatic heterocycles. The van der Waals surface area contributed by atoms with Gasteiger partial charge in [-0.05, 0) is 37.4 Å². The number of carbonyl (C=O) groups excluding carboxylic acids is 1. The summed E-state index contributed by atoms with van der Waals surface area (Å²) in [6.07, 6.45) is 1.45. The van der Waals surface area contributed by atoms with Crippen molar-refractivity contribution in [3.63, 3.8) is 0 Å². The SMILES string of the molecule is CC(C)N(C(=O)COc1ncnc2sccc12)c1ccccc1. The lowest BCUT2D eigenvalue weighted by Crippen LogP contribution is -2.40. The molecule has 0 fully saturated rings. The van der Waals surface area contributed by atoms with Crippen molar-refractivity contribution < 1.29 is 9.53 Å². The Morgan fingerprint density at radius 3 is 2.74 bits per heavy atom. The largest absolute Gasteiger partial charge is 0.467 e. The maximum absolute atomic E-state index is 12.6. The minimum atomic E-state index is -0.104. The molecule has 0 radical (unpaired) electrons. The van der Waals surface area contributed by atoms with Gasteiger partial charge in [-0.25, -0.2) is 9.97 Å². The molecule has 0 unspecified atom stereocenters. The number of carbonyl (C=O) groups is 1. The monoisotopic (exact) mass is 327 g/mol. The van der Waals surface area contributed by atoms with Crippen LogP contribution in [0.4, 0.5) is 5.69 Å². The number of hydrogen-bond acceptors (Lipinski definition) is 5. The standard InChI is InChI=1S/C17H17N3O2S/c1-12(2)20(13-6-4-3-5-7-13)15(21)10-22-16-14-8-9-23-17(14)19-11-18-16/h3-9,11-12H,10H2,1-2H3. The van der Waals surface area contributed by atoms with E-state index in [2.05, 4.69) is 9.97 Å². The third-order valence-corrected chi connectivity index (χ3v) is 4.20. The lowest BCUT2D eigenvalue weighted by molar-refractivity contribution is -0.121. The lowest BCUT2D eigenvalue weighted by atomic mass is 10.2. The van der Waals surface area contributed by atoms with Gasteiger partial charge in [0.2, 0.25) is 5.88 Å². The second-order valence-electron chi connectivity index (χ2n) is 5.30. The fourth-order valence-electron chi connectivity index (χ4n) is 2.40. The van der Waals surface area contributed by atoms with Crippen LogP contribution in [-0.4, -0.2) is 28.5 Å². The highest BCUT2D eigenvalue weighted by molar-refractivity contribution is 7.16. The lowest BCUT2D eigenvalue weighted by Gasteiger charge is -2.26. The first-order valence-corrected chi connectivity index (χ1v) is 8.23. The summed E-state index contributed by atoms with van der Waals surface area (Å²) >= 11 is 1.52. The molecular weight excluding hydrogens is 310 g/mol. The molecule has 23 heavy (non-hydrogen) atoms. The van der Waals surface area contributed by atoms with E-state index in [-0.39, 0.29) is 18.6 Å². The van der Waals surface area contributed by atoms with E-state index < -0.39 is 0 Å². The number of rotatable bonds is 5. The van der Waals surface area contributed by atoms with Crippen molar-refractivity contribution in [3.8, 4) is 5.88 Å². The van der Waals surface area contributed by atoms with Crippen molar-refractivity contribution in [2.45, 2.75) is 19.9 Å². The molecule has 1 aromatic carbocycles. The molecule has 2 heterocycles. The van der Waals surface area contributed by atoms with Crippen molar-refractivity contribution in [1.82, 2.24) is 9.97 Å². The van der Waals surface area contributed by atoms with E-state index in [0.717, 1.165) is 15.9 Å². The third kappa shape index (κ3) is 3.32. The molecule has 0 bridgehead atoms. The Kier molecular flexibility index (Phi) is 4.52. The average molecular weight is 327 g/mol. The van der Waals surface area contributed by atoms with Crippen LogP contribution in [0.25, 0.3) is 10.2 Å². The molecule has 0 aliphatic rings. The minimum Gasteiger partial charge on any atom is -0.467 e. The number of hydrogen-bond donors (Lipinski definition) is 0. The van der Waals surface area contributed by atoms with Crippen LogP contribution in [0.15, 0.2) is 48.1 Å². The van der Waals surface area contributed by atoms with Crippen LogP contribution in [0.3, 0.4) is 0 Å². The summed E-state index contributed by atoms with van der Waals surface area (Å²) in [4.78, 5) is 23.5. The molecule has 3 rings (SSSR count). The van der Waals surface area contributed by atoms with E-state index in [1.165, 1.54) is 17.7 Å². The number of anilines is 1. The Labute approximate surface area is 138 Å². The predicted octanol–water partition coefficient (Wildman–Crippen LogP) is 3.51. The normalized spacial score (nSPS) is 10.9. The number of benzene rings is 1. The molecule has 5 nitrogen and oxygen atoms in total. The smallest absolute Gasteiger partial charge is 0.265 e. The van der Waals surface area contributed by atoms with E-state index >= 15 is 0 Å². The molecule has 0 aliphatic carbocycles. The van der Waals surface area contributed by atoms with Crippen molar-refractivity contribution >= 4 is 33.1 Å². The predicted molar refractivity (Wildman–Crippen MR) is 92.0 cm³/mol. The summed E-state index contributed by atoms with van der Waals surface area (Å²) in [5, 5.41) is 2.76. The highest BCUT2D eigenvalue weighted by Gasteiger charge is 2.20. The Morgan fingerprint density at radius 1 is 1.22 bits per heavy atom. The maximum Gasteiger partial charge on any atom is 0.265 e. The number of fused-ring (bicyclic) bond motifs is 1. The molecule has 0 N–H and O–H groups in total. The van der Waals surface area contributed by atoms with Gasteiger partial charge in [-0.15, -0.1) is 11.3 Å². The van der Waals surface area contributed by atoms with E-state index in [0.29, 0.717) is 5.88 Å². The first-order chi connectivity index (χ1) is 11.2. The van der Waals surface area contributed by atoms with E-state index in [1.54, 1.807) is 4.90 Å². The zero-order chi connectivity index (χ0) is 16.2. The van der Waals surface area contributed by atoms with Crippen LogP contribution in [0, 0.1) is 0 Å². The van der Waals surface area contributed by atoms with Gasteiger partial charge in [0, 0.05) is 11.7 Å². The maximum atomic E-state index is 12.6. The van der Waals surface area contributed by atoms with Gasteiger partial charge in [0.15, 0.2) is 6.61 Å². The van der Waals surface area contributed by atoms with Crippen LogP contribution in [-0.2, 0) is 4.79 Å². The number of aromatic nitrogens is 2. The van der Waals surface area contributed by atoms with Gasteiger partial charge < -0.3 is 9.64 Å². The Morgan fingerprint density at radius 2 is 2.00 bits per heavy atom. The summed E-state index contributed by atoms with van der Waals surface area (Å²) in [6, 6.07) is 11.5. The summed E-state index contributed by atoms with van der Waals surface area (Å²) in [7, 11) is 0. The van der Waals surface area contributed by atoms with Gasteiger partial charge in [-0.3, -0.25) is 4.79 Å². The average Bonchev–Trinajstić information content (AvgIpc) is 3.03. The quantitative estimate of drug-likeness (QED) is 0.719. The first-order valence-electron chi connectivity index (χ1n) is 7.35. The number of nitrogens with zero attached hydrogens (tertiary/aromatic N) is 3.